The lowest BCUT2D eigenvalue weighted by Crippen LogP contribution is -1.95. The third-order valence-electron chi connectivity index (χ3n) is 2.90. The van der Waals surface area contributed by atoms with Crippen LogP contribution in [-0.2, 0) is 0 Å². The van der Waals surface area contributed by atoms with Crippen molar-refractivity contribution >= 4 is 5.69 Å². The van der Waals surface area contributed by atoms with Crippen molar-refractivity contribution in [3.05, 3.63) is 59.7 Å². The van der Waals surface area contributed by atoms with Crippen molar-refractivity contribution in [3.8, 4) is 17.6 Å². The Labute approximate surface area is 113 Å². The normalized spacial score (nSPS) is 13.5. The molecule has 0 radical (unpaired) electrons. The summed E-state index contributed by atoms with van der Waals surface area (Å²) >= 11 is 0. The van der Waals surface area contributed by atoms with Crippen LogP contribution in [-0.4, -0.2) is 6.10 Å². The molecule has 1 aliphatic rings. The summed E-state index contributed by atoms with van der Waals surface area (Å²) < 4.78 is 5.75. The number of hydrogen-bond donors (Lipinski definition) is 1. The lowest BCUT2D eigenvalue weighted by atomic mass is 10.1. The van der Waals surface area contributed by atoms with Gasteiger partial charge in [0, 0.05) is 16.8 Å². The number of hydrogen-bond acceptors (Lipinski definition) is 2. The number of ether oxygens (including phenoxy) is 1. The summed E-state index contributed by atoms with van der Waals surface area (Å²) in [5.74, 6) is 7.15. The van der Waals surface area contributed by atoms with Gasteiger partial charge >= 0.3 is 0 Å². The average molecular weight is 249 g/mol. The second-order valence-electron chi connectivity index (χ2n) is 4.72. The molecule has 2 heteroatoms. The van der Waals surface area contributed by atoms with Gasteiger partial charge in [-0.2, -0.15) is 0 Å². The van der Waals surface area contributed by atoms with E-state index in [0.717, 1.165) is 22.6 Å². The highest BCUT2D eigenvalue weighted by molar-refractivity contribution is 5.50. The molecule has 1 aliphatic carbocycles. The van der Waals surface area contributed by atoms with E-state index in [-0.39, 0.29) is 0 Å². The molecule has 0 amide bonds. The molecule has 0 aliphatic heterocycles. The van der Waals surface area contributed by atoms with E-state index in [4.69, 9.17) is 10.5 Å². The third kappa shape index (κ3) is 3.29. The molecule has 0 unspecified atom stereocenters. The molecule has 0 atom stereocenters. The molecular weight excluding hydrogens is 234 g/mol. The van der Waals surface area contributed by atoms with E-state index in [2.05, 4.69) is 11.8 Å². The van der Waals surface area contributed by atoms with E-state index in [9.17, 15) is 0 Å². The van der Waals surface area contributed by atoms with Gasteiger partial charge in [0.25, 0.3) is 0 Å². The zero-order valence-corrected chi connectivity index (χ0v) is 10.6. The van der Waals surface area contributed by atoms with E-state index < -0.39 is 0 Å². The van der Waals surface area contributed by atoms with Crippen LogP contribution in [0.5, 0.6) is 5.75 Å². The maximum absolute atomic E-state index is 5.75. The highest BCUT2D eigenvalue weighted by Crippen LogP contribution is 2.26. The summed E-state index contributed by atoms with van der Waals surface area (Å²) in [5.41, 5.74) is 8.34. The Hall–Kier alpha value is -2.40. The van der Waals surface area contributed by atoms with Crippen LogP contribution in [0.2, 0.25) is 0 Å². The van der Waals surface area contributed by atoms with E-state index in [1.807, 2.05) is 48.5 Å². The van der Waals surface area contributed by atoms with Gasteiger partial charge in [-0.15, -0.1) is 0 Å². The van der Waals surface area contributed by atoms with Gasteiger partial charge in [0.2, 0.25) is 0 Å². The van der Waals surface area contributed by atoms with Gasteiger partial charge in [-0.25, -0.2) is 0 Å². The first kappa shape index (κ1) is 11.7. The van der Waals surface area contributed by atoms with Gasteiger partial charge in [0.1, 0.15) is 5.75 Å². The van der Waals surface area contributed by atoms with E-state index in [0.29, 0.717) is 6.10 Å². The minimum Gasteiger partial charge on any atom is -0.490 e. The fraction of sp³-hybridized carbons (Fsp3) is 0.176. The highest BCUT2D eigenvalue weighted by atomic mass is 16.5. The molecule has 3 rings (SSSR count). The standard InChI is InChI=1S/C17H15NO/c18-15-5-1-3-13(11-15)7-8-14-4-2-6-17(12-14)19-16-9-10-16/h1-6,11-12,16H,9-10,18H2. The van der Waals surface area contributed by atoms with Crippen LogP contribution >= 0.6 is 0 Å². The van der Waals surface area contributed by atoms with Crippen molar-refractivity contribution in [1.82, 2.24) is 0 Å². The zero-order valence-electron chi connectivity index (χ0n) is 10.6. The smallest absolute Gasteiger partial charge is 0.120 e. The highest BCUT2D eigenvalue weighted by Gasteiger charge is 2.23. The van der Waals surface area contributed by atoms with Crippen LogP contribution in [0, 0.1) is 11.8 Å². The summed E-state index contributed by atoms with van der Waals surface area (Å²) in [5, 5.41) is 0. The molecule has 19 heavy (non-hydrogen) atoms. The van der Waals surface area contributed by atoms with Gasteiger partial charge in [-0.05, 0) is 49.2 Å². The fourth-order valence-electron chi connectivity index (χ4n) is 1.79. The molecule has 0 aromatic heterocycles. The Morgan fingerprint density at radius 1 is 0.947 bits per heavy atom. The third-order valence-corrected chi connectivity index (χ3v) is 2.90. The minimum atomic E-state index is 0.414. The zero-order chi connectivity index (χ0) is 13.1. The van der Waals surface area contributed by atoms with Crippen molar-refractivity contribution in [2.75, 3.05) is 5.73 Å². The summed E-state index contributed by atoms with van der Waals surface area (Å²) in [7, 11) is 0. The molecule has 2 nitrogen and oxygen atoms in total. The second-order valence-corrected chi connectivity index (χ2v) is 4.72. The monoisotopic (exact) mass is 249 g/mol. The van der Waals surface area contributed by atoms with Crippen LogP contribution in [0.4, 0.5) is 5.69 Å². The van der Waals surface area contributed by atoms with Crippen molar-refractivity contribution in [3.63, 3.8) is 0 Å². The molecule has 1 saturated carbocycles. The Morgan fingerprint density at radius 3 is 2.32 bits per heavy atom. The van der Waals surface area contributed by atoms with E-state index >= 15 is 0 Å². The number of rotatable bonds is 2. The maximum atomic E-state index is 5.75. The Morgan fingerprint density at radius 2 is 1.63 bits per heavy atom. The summed E-state index contributed by atoms with van der Waals surface area (Å²) in [6.45, 7) is 0. The Kier molecular flexibility index (Phi) is 3.12. The molecule has 2 aromatic carbocycles. The number of benzene rings is 2. The first-order valence-corrected chi connectivity index (χ1v) is 6.44. The predicted octanol–water partition coefficient (Wildman–Crippen LogP) is 3.21. The molecule has 94 valence electrons. The van der Waals surface area contributed by atoms with Gasteiger partial charge in [-0.1, -0.05) is 24.0 Å². The number of nitrogen functional groups attached to an aromatic ring is 1. The van der Waals surface area contributed by atoms with Crippen LogP contribution in [0.15, 0.2) is 48.5 Å². The first-order chi connectivity index (χ1) is 9.29. The maximum Gasteiger partial charge on any atom is 0.120 e. The van der Waals surface area contributed by atoms with Crippen molar-refractivity contribution < 1.29 is 4.74 Å². The molecule has 2 aromatic rings. The number of nitrogens with two attached hydrogens (primary N) is 1. The van der Waals surface area contributed by atoms with Crippen molar-refractivity contribution in [2.24, 2.45) is 0 Å². The first-order valence-electron chi connectivity index (χ1n) is 6.44. The molecule has 0 spiro atoms. The summed E-state index contributed by atoms with van der Waals surface area (Å²) in [6.07, 6.45) is 2.75. The summed E-state index contributed by atoms with van der Waals surface area (Å²) in [6, 6.07) is 15.5. The molecule has 0 saturated heterocycles. The van der Waals surface area contributed by atoms with E-state index in [1.54, 1.807) is 0 Å². The topological polar surface area (TPSA) is 35.2 Å². The van der Waals surface area contributed by atoms with Gasteiger partial charge in [-0.3, -0.25) is 0 Å². The summed E-state index contributed by atoms with van der Waals surface area (Å²) in [4.78, 5) is 0. The van der Waals surface area contributed by atoms with Crippen LogP contribution in [0.25, 0.3) is 0 Å². The van der Waals surface area contributed by atoms with E-state index in [1.165, 1.54) is 12.8 Å². The lowest BCUT2D eigenvalue weighted by Gasteiger charge is -2.03. The predicted molar refractivity (Wildman–Crippen MR) is 76.9 cm³/mol. The van der Waals surface area contributed by atoms with Crippen molar-refractivity contribution in [1.29, 1.82) is 0 Å². The number of anilines is 1. The van der Waals surface area contributed by atoms with Gasteiger partial charge in [0.05, 0.1) is 6.10 Å². The van der Waals surface area contributed by atoms with Crippen LogP contribution in [0.3, 0.4) is 0 Å². The average Bonchev–Trinajstić information content (AvgIpc) is 3.21. The minimum absolute atomic E-state index is 0.414. The SMILES string of the molecule is Nc1cccc(C#Cc2cccc(OC3CC3)c2)c1. The molecule has 0 heterocycles. The van der Waals surface area contributed by atoms with Crippen molar-refractivity contribution in [2.45, 2.75) is 18.9 Å². The largest absolute Gasteiger partial charge is 0.490 e. The van der Waals surface area contributed by atoms with Gasteiger partial charge < -0.3 is 10.5 Å². The van der Waals surface area contributed by atoms with Crippen LogP contribution < -0.4 is 10.5 Å². The molecule has 0 bridgehead atoms. The lowest BCUT2D eigenvalue weighted by molar-refractivity contribution is 0.303. The second kappa shape index (κ2) is 5.07. The molecular formula is C17H15NO. The van der Waals surface area contributed by atoms with Crippen LogP contribution in [0.1, 0.15) is 24.0 Å². The molecule has 1 fully saturated rings. The Bertz CT molecular complexity index is 648. The quantitative estimate of drug-likeness (QED) is 0.655. The van der Waals surface area contributed by atoms with Gasteiger partial charge in [0.15, 0.2) is 0 Å². The fourth-order valence-corrected chi connectivity index (χ4v) is 1.79. The molecule has 2 N–H and O–H groups in total. The Balaban J connectivity index is 1.79.